The van der Waals surface area contributed by atoms with Gasteiger partial charge in [-0.1, -0.05) is 31.2 Å². The molecule has 0 spiro atoms. The summed E-state index contributed by atoms with van der Waals surface area (Å²) in [5.74, 6) is 1.16. The minimum absolute atomic E-state index is 0.222. The molecule has 4 rings (SSSR count). The van der Waals surface area contributed by atoms with Gasteiger partial charge in [0.25, 0.3) is 5.91 Å². The summed E-state index contributed by atoms with van der Waals surface area (Å²) in [5, 5.41) is 14.7. The van der Waals surface area contributed by atoms with E-state index >= 15 is 0 Å². The van der Waals surface area contributed by atoms with E-state index in [1.807, 2.05) is 23.6 Å². The van der Waals surface area contributed by atoms with E-state index in [9.17, 15) is 10.1 Å². The van der Waals surface area contributed by atoms with Crippen LogP contribution in [0.15, 0.2) is 53.9 Å². The third kappa shape index (κ3) is 5.72. The highest BCUT2D eigenvalue weighted by atomic mass is 32.1. The van der Waals surface area contributed by atoms with Crippen LogP contribution >= 0.6 is 11.3 Å². The number of thiazole rings is 1. The number of anilines is 1. The van der Waals surface area contributed by atoms with Crippen LogP contribution in [-0.4, -0.2) is 28.9 Å². The predicted octanol–water partition coefficient (Wildman–Crippen LogP) is 5.08. The molecular weight excluding hydrogens is 420 g/mol. The zero-order valence-electron chi connectivity index (χ0n) is 18.1. The first-order valence-corrected chi connectivity index (χ1v) is 11.7. The Kier molecular flexibility index (Phi) is 7.15. The Labute approximate surface area is 192 Å². The molecule has 7 heteroatoms. The van der Waals surface area contributed by atoms with Gasteiger partial charge >= 0.3 is 0 Å². The molecular formula is C25H26N4O2S. The van der Waals surface area contributed by atoms with Gasteiger partial charge in [-0.15, -0.1) is 11.3 Å². The first-order chi connectivity index (χ1) is 15.6. The zero-order chi connectivity index (χ0) is 22.3. The number of aromatic nitrogens is 1. The van der Waals surface area contributed by atoms with Gasteiger partial charge in [0, 0.05) is 23.1 Å². The number of ether oxygens (including phenoxy) is 1. The van der Waals surface area contributed by atoms with E-state index in [4.69, 9.17) is 4.74 Å². The van der Waals surface area contributed by atoms with E-state index in [-0.39, 0.29) is 12.5 Å². The van der Waals surface area contributed by atoms with Gasteiger partial charge in [-0.2, -0.15) is 5.26 Å². The third-order valence-electron chi connectivity index (χ3n) is 5.66. The van der Waals surface area contributed by atoms with Crippen LogP contribution in [0.5, 0.6) is 5.75 Å². The Morgan fingerprint density at radius 1 is 1.25 bits per heavy atom. The molecule has 0 radical (unpaired) electrons. The number of hydrogen-bond acceptors (Lipinski definition) is 6. The molecule has 1 amide bonds. The molecule has 0 aliphatic carbocycles. The van der Waals surface area contributed by atoms with E-state index < -0.39 is 0 Å². The summed E-state index contributed by atoms with van der Waals surface area (Å²) < 4.78 is 5.82. The molecule has 3 aromatic rings. The SMILES string of the molecule is CC1CCN(Cc2csc(NC(=O)c3cccc(OCc4ccccc4C#N)c3)n2)CC1. The number of nitrogens with one attached hydrogen (secondary N) is 1. The van der Waals surface area contributed by atoms with Gasteiger partial charge in [-0.25, -0.2) is 4.98 Å². The molecule has 1 aliphatic rings. The van der Waals surface area contributed by atoms with Crippen molar-refractivity contribution in [3.63, 3.8) is 0 Å². The van der Waals surface area contributed by atoms with Crippen molar-refractivity contribution < 1.29 is 9.53 Å². The highest BCUT2D eigenvalue weighted by Crippen LogP contribution is 2.22. The average Bonchev–Trinajstić information content (AvgIpc) is 3.26. The molecule has 0 bridgehead atoms. The van der Waals surface area contributed by atoms with Gasteiger partial charge in [0.15, 0.2) is 5.13 Å². The lowest BCUT2D eigenvalue weighted by atomic mass is 9.99. The van der Waals surface area contributed by atoms with Crippen LogP contribution in [0, 0.1) is 17.2 Å². The molecule has 1 aromatic heterocycles. The van der Waals surface area contributed by atoms with Gasteiger partial charge in [0.05, 0.1) is 17.3 Å². The van der Waals surface area contributed by atoms with Crippen molar-refractivity contribution in [2.75, 3.05) is 18.4 Å². The molecule has 1 N–H and O–H groups in total. The summed E-state index contributed by atoms with van der Waals surface area (Å²) in [6.07, 6.45) is 2.46. The van der Waals surface area contributed by atoms with Crippen LogP contribution in [0.2, 0.25) is 0 Å². The minimum Gasteiger partial charge on any atom is -0.489 e. The first-order valence-electron chi connectivity index (χ1n) is 10.8. The second-order valence-electron chi connectivity index (χ2n) is 8.14. The molecule has 1 aliphatic heterocycles. The van der Waals surface area contributed by atoms with Crippen molar-refractivity contribution >= 4 is 22.4 Å². The summed E-state index contributed by atoms with van der Waals surface area (Å²) in [6.45, 7) is 5.60. The number of carbonyl (C=O) groups excluding carboxylic acids is 1. The van der Waals surface area contributed by atoms with Crippen molar-refractivity contribution in [2.45, 2.75) is 32.9 Å². The van der Waals surface area contributed by atoms with Crippen molar-refractivity contribution in [3.8, 4) is 11.8 Å². The van der Waals surface area contributed by atoms with Crippen LogP contribution < -0.4 is 10.1 Å². The molecule has 0 unspecified atom stereocenters. The fourth-order valence-corrected chi connectivity index (χ4v) is 4.40. The molecule has 2 heterocycles. The predicted molar refractivity (Wildman–Crippen MR) is 126 cm³/mol. The highest BCUT2D eigenvalue weighted by molar-refractivity contribution is 7.14. The third-order valence-corrected chi connectivity index (χ3v) is 6.47. The van der Waals surface area contributed by atoms with E-state index in [2.05, 4.69) is 28.2 Å². The first kappa shape index (κ1) is 22.0. The number of nitriles is 1. The maximum absolute atomic E-state index is 12.7. The van der Waals surface area contributed by atoms with Crippen LogP contribution in [0.1, 0.15) is 46.9 Å². The number of hydrogen-bond donors (Lipinski definition) is 1. The van der Waals surface area contributed by atoms with Crippen LogP contribution in [0.3, 0.4) is 0 Å². The Bertz CT molecular complexity index is 1110. The molecule has 1 saturated heterocycles. The number of carbonyl (C=O) groups is 1. The summed E-state index contributed by atoms with van der Waals surface area (Å²) in [7, 11) is 0. The standard InChI is InChI=1S/C25H26N4O2S/c1-18-9-11-29(12-10-18)15-22-17-32-25(27-22)28-24(30)19-7-4-8-23(13-19)31-16-21-6-3-2-5-20(21)14-26/h2-8,13,17-18H,9-12,15-16H2,1H3,(H,27,28,30). The zero-order valence-corrected chi connectivity index (χ0v) is 18.9. The second-order valence-corrected chi connectivity index (χ2v) is 9.00. The Morgan fingerprint density at radius 2 is 2.06 bits per heavy atom. The van der Waals surface area contributed by atoms with Gasteiger partial charge in [-0.05, 0) is 56.1 Å². The summed E-state index contributed by atoms with van der Waals surface area (Å²) in [5.41, 5.74) is 2.88. The molecule has 164 valence electrons. The quantitative estimate of drug-likeness (QED) is 0.548. The maximum atomic E-state index is 12.7. The van der Waals surface area contributed by atoms with E-state index in [0.717, 1.165) is 36.8 Å². The Hall–Kier alpha value is -3.21. The van der Waals surface area contributed by atoms with Crippen LogP contribution in [0.25, 0.3) is 0 Å². The van der Waals surface area contributed by atoms with Crippen LogP contribution in [0.4, 0.5) is 5.13 Å². The van der Waals surface area contributed by atoms with Crippen molar-refractivity contribution in [1.82, 2.24) is 9.88 Å². The van der Waals surface area contributed by atoms with Crippen molar-refractivity contribution in [3.05, 3.63) is 76.3 Å². The van der Waals surface area contributed by atoms with E-state index in [1.54, 1.807) is 30.3 Å². The number of likely N-dealkylation sites (tertiary alicyclic amines) is 1. The normalized spacial score (nSPS) is 14.6. The maximum Gasteiger partial charge on any atom is 0.257 e. The summed E-state index contributed by atoms with van der Waals surface area (Å²) in [6, 6.07) is 16.5. The number of nitrogens with zero attached hydrogens (tertiary/aromatic N) is 3. The van der Waals surface area contributed by atoms with E-state index in [1.165, 1.54) is 24.2 Å². The lowest BCUT2D eigenvalue weighted by molar-refractivity contribution is 0.102. The fraction of sp³-hybridized carbons (Fsp3) is 0.320. The summed E-state index contributed by atoms with van der Waals surface area (Å²) in [4.78, 5) is 19.7. The number of piperidine rings is 1. The van der Waals surface area contributed by atoms with Gasteiger partial charge in [0.1, 0.15) is 12.4 Å². The second kappa shape index (κ2) is 10.4. The molecule has 0 atom stereocenters. The Morgan fingerprint density at radius 3 is 2.88 bits per heavy atom. The number of amides is 1. The minimum atomic E-state index is -0.222. The Balaban J connectivity index is 1.34. The molecule has 2 aromatic carbocycles. The topological polar surface area (TPSA) is 78.3 Å². The molecule has 32 heavy (non-hydrogen) atoms. The lowest BCUT2D eigenvalue weighted by Gasteiger charge is -2.29. The van der Waals surface area contributed by atoms with Crippen molar-refractivity contribution in [1.29, 1.82) is 5.26 Å². The fourth-order valence-electron chi connectivity index (χ4n) is 3.70. The largest absolute Gasteiger partial charge is 0.489 e. The van der Waals surface area contributed by atoms with Gasteiger partial charge in [-0.3, -0.25) is 15.0 Å². The summed E-state index contributed by atoms with van der Waals surface area (Å²) >= 11 is 1.45. The smallest absolute Gasteiger partial charge is 0.257 e. The van der Waals surface area contributed by atoms with E-state index in [0.29, 0.717) is 22.0 Å². The lowest BCUT2D eigenvalue weighted by Crippen LogP contribution is -2.32. The number of benzene rings is 2. The molecule has 6 nitrogen and oxygen atoms in total. The highest BCUT2D eigenvalue weighted by Gasteiger charge is 2.17. The van der Waals surface area contributed by atoms with Gasteiger partial charge in [0.2, 0.25) is 0 Å². The molecule has 1 fully saturated rings. The van der Waals surface area contributed by atoms with Gasteiger partial charge < -0.3 is 4.74 Å². The van der Waals surface area contributed by atoms with Crippen molar-refractivity contribution in [2.24, 2.45) is 5.92 Å². The number of rotatable bonds is 7. The molecule has 0 saturated carbocycles. The van der Waals surface area contributed by atoms with Crippen LogP contribution in [-0.2, 0) is 13.2 Å². The average molecular weight is 447 g/mol. The monoisotopic (exact) mass is 446 g/mol.